The van der Waals surface area contributed by atoms with Crippen LogP contribution in [0.5, 0.6) is 0 Å². The summed E-state index contributed by atoms with van der Waals surface area (Å²) in [6.45, 7) is 0.324. The maximum absolute atomic E-state index is 14.5. The van der Waals surface area contributed by atoms with Crippen molar-refractivity contribution in [1.82, 2.24) is 23.8 Å². The standard InChI is InChI=1S/C19H21FN6O2S/c1-25-11-17(23-12-25)29(27,28)26-9-5-4-8-16(26)18-14(10-22-19(21)24-18)13-6-2-3-7-15(13)20/h2-3,6-7,10-12,16H,4-5,8-9H2,1H3,(H2,21,22,24)/t16-/m0/s1. The van der Waals surface area contributed by atoms with Gasteiger partial charge >= 0.3 is 0 Å². The number of aromatic nitrogens is 4. The molecule has 2 aromatic heterocycles. The Labute approximate surface area is 168 Å². The zero-order valence-corrected chi connectivity index (χ0v) is 16.7. The van der Waals surface area contributed by atoms with Gasteiger partial charge in [-0.05, 0) is 18.9 Å². The number of hydrogen-bond acceptors (Lipinski definition) is 6. The summed E-state index contributed by atoms with van der Waals surface area (Å²) in [5.74, 6) is -0.419. The Kier molecular flexibility index (Phi) is 5.05. The van der Waals surface area contributed by atoms with E-state index >= 15 is 0 Å². The minimum atomic E-state index is -3.85. The largest absolute Gasteiger partial charge is 0.368 e. The fourth-order valence-corrected chi connectivity index (χ4v) is 5.29. The molecule has 152 valence electrons. The molecular weight excluding hydrogens is 395 g/mol. The molecule has 0 radical (unpaired) electrons. The predicted molar refractivity (Wildman–Crippen MR) is 106 cm³/mol. The van der Waals surface area contributed by atoms with Crippen LogP contribution < -0.4 is 5.73 Å². The van der Waals surface area contributed by atoms with Crippen LogP contribution in [0, 0.1) is 5.82 Å². The molecule has 4 rings (SSSR count). The van der Waals surface area contributed by atoms with Crippen molar-refractivity contribution >= 4 is 16.0 Å². The van der Waals surface area contributed by atoms with Gasteiger partial charge in [0.1, 0.15) is 5.82 Å². The van der Waals surface area contributed by atoms with Gasteiger partial charge in [-0.3, -0.25) is 0 Å². The van der Waals surface area contributed by atoms with Gasteiger partial charge in [0.15, 0.2) is 5.03 Å². The van der Waals surface area contributed by atoms with Crippen molar-refractivity contribution in [3.8, 4) is 11.1 Å². The third kappa shape index (κ3) is 3.60. The predicted octanol–water partition coefficient (Wildman–Crippen LogP) is 2.51. The number of piperidine rings is 1. The van der Waals surface area contributed by atoms with E-state index in [9.17, 15) is 12.8 Å². The van der Waals surface area contributed by atoms with E-state index in [0.29, 0.717) is 29.8 Å². The number of nitrogens with zero attached hydrogens (tertiary/aromatic N) is 5. The average molecular weight is 416 g/mol. The Morgan fingerprint density at radius 2 is 1.97 bits per heavy atom. The molecule has 0 bridgehead atoms. The van der Waals surface area contributed by atoms with Crippen molar-refractivity contribution in [2.75, 3.05) is 12.3 Å². The van der Waals surface area contributed by atoms with Gasteiger partial charge in [-0.25, -0.2) is 27.8 Å². The zero-order chi connectivity index (χ0) is 20.6. The summed E-state index contributed by atoms with van der Waals surface area (Å²) in [5, 5.41) is -0.0265. The molecule has 1 saturated heterocycles. The van der Waals surface area contributed by atoms with E-state index in [0.717, 1.165) is 12.8 Å². The molecular formula is C19H21FN6O2S. The van der Waals surface area contributed by atoms with Gasteiger partial charge in [-0.1, -0.05) is 24.6 Å². The van der Waals surface area contributed by atoms with Crippen molar-refractivity contribution in [3.63, 3.8) is 0 Å². The van der Waals surface area contributed by atoms with Crippen LogP contribution in [0.3, 0.4) is 0 Å². The Balaban J connectivity index is 1.84. The third-order valence-corrected chi connectivity index (χ3v) is 6.82. The molecule has 0 amide bonds. The normalized spacial score (nSPS) is 18.1. The number of nitrogen functional groups attached to an aromatic ring is 1. The fourth-order valence-electron chi connectivity index (χ4n) is 3.66. The molecule has 1 aromatic carbocycles. The summed E-state index contributed by atoms with van der Waals surface area (Å²) in [4.78, 5) is 12.4. The second-order valence-corrected chi connectivity index (χ2v) is 8.85. The molecule has 8 nitrogen and oxygen atoms in total. The second-order valence-electron chi connectivity index (χ2n) is 7.01. The molecule has 0 saturated carbocycles. The van der Waals surface area contributed by atoms with Crippen LogP contribution in [0.4, 0.5) is 10.3 Å². The molecule has 1 atom stereocenters. The van der Waals surface area contributed by atoms with E-state index in [4.69, 9.17) is 5.73 Å². The second kappa shape index (κ2) is 7.53. The highest BCUT2D eigenvalue weighted by Gasteiger charge is 2.38. The van der Waals surface area contributed by atoms with E-state index < -0.39 is 21.9 Å². The van der Waals surface area contributed by atoms with Crippen molar-refractivity contribution in [2.45, 2.75) is 30.3 Å². The Bertz CT molecular complexity index is 1150. The summed E-state index contributed by atoms with van der Waals surface area (Å²) in [5.41, 5.74) is 6.97. The first-order valence-corrected chi connectivity index (χ1v) is 10.7. The van der Waals surface area contributed by atoms with Crippen LogP contribution in [-0.4, -0.2) is 38.8 Å². The maximum atomic E-state index is 14.5. The molecule has 2 N–H and O–H groups in total. The van der Waals surface area contributed by atoms with Gasteiger partial charge in [-0.15, -0.1) is 0 Å². The molecule has 3 heterocycles. The molecule has 0 spiro atoms. The summed E-state index contributed by atoms with van der Waals surface area (Å²) >= 11 is 0. The highest BCUT2D eigenvalue weighted by Crippen LogP contribution is 2.39. The molecule has 29 heavy (non-hydrogen) atoms. The Morgan fingerprint density at radius 1 is 1.17 bits per heavy atom. The molecule has 0 unspecified atom stereocenters. The number of anilines is 1. The lowest BCUT2D eigenvalue weighted by Crippen LogP contribution is -2.39. The summed E-state index contributed by atoms with van der Waals surface area (Å²) in [7, 11) is -2.14. The fraction of sp³-hybridized carbons (Fsp3) is 0.316. The van der Waals surface area contributed by atoms with Crippen LogP contribution in [0.25, 0.3) is 11.1 Å². The lowest BCUT2D eigenvalue weighted by atomic mass is 9.95. The first-order chi connectivity index (χ1) is 13.9. The van der Waals surface area contributed by atoms with Crippen molar-refractivity contribution in [2.24, 2.45) is 7.05 Å². The first-order valence-electron chi connectivity index (χ1n) is 9.25. The van der Waals surface area contributed by atoms with Gasteiger partial charge in [0.2, 0.25) is 5.95 Å². The number of imidazole rings is 1. The quantitative estimate of drug-likeness (QED) is 0.700. The number of halogens is 1. The number of aryl methyl sites for hydroxylation is 1. The summed E-state index contributed by atoms with van der Waals surface area (Å²) < 4.78 is 44.0. The van der Waals surface area contributed by atoms with Crippen LogP contribution in [0.15, 0.2) is 48.0 Å². The van der Waals surface area contributed by atoms with E-state index in [1.54, 1.807) is 29.8 Å². The summed E-state index contributed by atoms with van der Waals surface area (Å²) in [6.07, 6.45) is 6.45. The first kappa shape index (κ1) is 19.5. The Hall–Kier alpha value is -2.85. The zero-order valence-electron chi connectivity index (χ0n) is 15.9. The van der Waals surface area contributed by atoms with Crippen LogP contribution in [0.2, 0.25) is 0 Å². The van der Waals surface area contributed by atoms with Crippen molar-refractivity contribution < 1.29 is 12.8 Å². The number of nitrogens with two attached hydrogens (primary N) is 1. The number of rotatable bonds is 4. The molecule has 3 aromatic rings. The monoisotopic (exact) mass is 416 g/mol. The van der Waals surface area contributed by atoms with Crippen LogP contribution in [-0.2, 0) is 17.1 Å². The third-order valence-electron chi connectivity index (χ3n) is 5.02. The topological polar surface area (TPSA) is 107 Å². The lowest BCUT2D eigenvalue weighted by molar-refractivity contribution is 0.251. The van der Waals surface area contributed by atoms with E-state index in [2.05, 4.69) is 15.0 Å². The minimum absolute atomic E-state index is 0.0147. The smallest absolute Gasteiger partial charge is 0.262 e. The van der Waals surface area contributed by atoms with E-state index in [-0.39, 0.29) is 11.0 Å². The minimum Gasteiger partial charge on any atom is -0.368 e. The van der Waals surface area contributed by atoms with Gasteiger partial charge in [0, 0.05) is 37.1 Å². The maximum Gasteiger partial charge on any atom is 0.262 e. The average Bonchev–Trinajstić information content (AvgIpc) is 3.16. The van der Waals surface area contributed by atoms with E-state index in [1.807, 2.05) is 0 Å². The Morgan fingerprint density at radius 3 is 2.69 bits per heavy atom. The van der Waals surface area contributed by atoms with Crippen molar-refractivity contribution in [1.29, 1.82) is 0 Å². The number of hydrogen-bond donors (Lipinski definition) is 1. The molecule has 1 fully saturated rings. The lowest BCUT2D eigenvalue weighted by Gasteiger charge is -2.34. The number of sulfonamides is 1. The van der Waals surface area contributed by atoms with Crippen molar-refractivity contribution in [3.05, 3.63) is 54.5 Å². The van der Waals surface area contributed by atoms with Crippen LogP contribution in [0.1, 0.15) is 31.0 Å². The van der Waals surface area contributed by atoms with Gasteiger partial charge in [0.25, 0.3) is 10.0 Å². The molecule has 1 aliphatic heterocycles. The van der Waals surface area contributed by atoms with E-state index in [1.165, 1.54) is 29.1 Å². The molecule has 1 aliphatic rings. The van der Waals surface area contributed by atoms with Crippen LogP contribution >= 0.6 is 0 Å². The number of benzene rings is 1. The van der Waals surface area contributed by atoms with Gasteiger partial charge in [0.05, 0.1) is 18.1 Å². The van der Waals surface area contributed by atoms with Gasteiger partial charge in [-0.2, -0.15) is 4.31 Å². The highest BCUT2D eigenvalue weighted by molar-refractivity contribution is 7.89. The van der Waals surface area contributed by atoms with Gasteiger partial charge < -0.3 is 10.3 Å². The molecule has 0 aliphatic carbocycles. The highest BCUT2D eigenvalue weighted by atomic mass is 32.2. The summed E-state index contributed by atoms with van der Waals surface area (Å²) in [6, 6.07) is 5.68. The SMILES string of the molecule is Cn1cnc(S(=O)(=O)N2CCCC[C@H]2c2nc(N)ncc2-c2ccccc2F)c1. The molecule has 10 heteroatoms.